The van der Waals surface area contributed by atoms with Crippen molar-refractivity contribution in [2.45, 2.75) is 40.0 Å². The fourth-order valence-corrected chi connectivity index (χ4v) is 2.88. The van der Waals surface area contributed by atoms with Crippen LogP contribution in [0.3, 0.4) is 0 Å². The van der Waals surface area contributed by atoms with Gasteiger partial charge >= 0.3 is 0 Å². The highest BCUT2D eigenvalue weighted by Gasteiger charge is 2.42. The van der Waals surface area contributed by atoms with E-state index >= 15 is 0 Å². The van der Waals surface area contributed by atoms with Crippen LogP contribution in [-0.4, -0.2) is 13.1 Å². The third kappa shape index (κ3) is 3.78. The van der Waals surface area contributed by atoms with Crippen molar-refractivity contribution in [1.29, 1.82) is 0 Å². The van der Waals surface area contributed by atoms with E-state index in [-0.39, 0.29) is 11.0 Å². The van der Waals surface area contributed by atoms with E-state index in [1.165, 1.54) is 31.0 Å². The number of halogens is 2. The zero-order valence-corrected chi connectivity index (χ0v) is 12.7. The molecule has 1 aromatic rings. The van der Waals surface area contributed by atoms with Gasteiger partial charge in [0, 0.05) is 12.1 Å². The smallest absolute Gasteiger partial charge is 0.129 e. The molecule has 1 aromatic carbocycles. The second-order valence-corrected chi connectivity index (χ2v) is 6.83. The number of nitrogens with one attached hydrogen (secondary N) is 1. The maximum atomic E-state index is 13.9. The van der Waals surface area contributed by atoms with E-state index < -0.39 is 11.6 Å². The van der Waals surface area contributed by atoms with Gasteiger partial charge in [-0.3, -0.25) is 0 Å². The summed E-state index contributed by atoms with van der Waals surface area (Å²) in [5.41, 5.74) is 0.186. The van der Waals surface area contributed by atoms with Crippen molar-refractivity contribution in [2.24, 2.45) is 17.3 Å². The van der Waals surface area contributed by atoms with Crippen LogP contribution in [0.5, 0.6) is 0 Å². The molecule has 0 bridgehead atoms. The quantitative estimate of drug-likeness (QED) is 0.791. The van der Waals surface area contributed by atoms with Gasteiger partial charge in [-0.05, 0) is 55.2 Å². The molecule has 1 fully saturated rings. The fraction of sp³-hybridized carbons (Fsp3) is 0.647. The molecule has 0 saturated heterocycles. The lowest BCUT2D eigenvalue weighted by molar-refractivity contribution is 0.246. The number of rotatable bonds is 7. The summed E-state index contributed by atoms with van der Waals surface area (Å²) >= 11 is 0. The van der Waals surface area contributed by atoms with Crippen LogP contribution in [0.2, 0.25) is 0 Å². The fourth-order valence-electron chi connectivity index (χ4n) is 2.88. The van der Waals surface area contributed by atoms with Crippen molar-refractivity contribution >= 4 is 0 Å². The van der Waals surface area contributed by atoms with Gasteiger partial charge in [-0.1, -0.05) is 26.8 Å². The van der Waals surface area contributed by atoms with Crippen molar-refractivity contribution < 1.29 is 8.78 Å². The average Bonchev–Trinajstić information content (AvgIpc) is 3.18. The molecule has 3 heteroatoms. The zero-order chi connectivity index (χ0) is 14.8. The van der Waals surface area contributed by atoms with Crippen LogP contribution in [0.4, 0.5) is 8.78 Å². The molecule has 0 heterocycles. The third-order valence-electron chi connectivity index (χ3n) is 4.29. The van der Waals surface area contributed by atoms with Crippen molar-refractivity contribution in [2.75, 3.05) is 13.1 Å². The molecule has 2 rings (SSSR count). The Bertz CT molecular complexity index is 434. The summed E-state index contributed by atoms with van der Waals surface area (Å²) < 4.78 is 27.7. The van der Waals surface area contributed by atoms with E-state index in [0.29, 0.717) is 18.3 Å². The first-order valence-corrected chi connectivity index (χ1v) is 7.56. The van der Waals surface area contributed by atoms with Gasteiger partial charge in [-0.15, -0.1) is 0 Å². The molecule has 1 atom stereocenters. The monoisotopic (exact) mass is 281 g/mol. The van der Waals surface area contributed by atoms with Crippen molar-refractivity contribution in [3.63, 3.8) is 0 Å². The van der Waals surface area contributed by atoms with Gasteiger partial charge in [-0.25, -0.2) is 8.78 Å². The first-order chi connectivity index (χ1) is 9.42. The molecule has 112 valence electrons. The first-order valence-electron chi connectivity index (χ1n) is 7.56. The van der Waals surface area contributed by atoms with E-state index in [9.17, 15) is 8.78 Å². The average molecular weight is 281 g/mol. The summed E-state index contributed by atoms with van der Waals surface area (Å²) in [6.07, 6.45) is 2.83. The summed E-state index contributed by atoms with van der Waals surface area (Å²) in [7, 11) is 0. The molecule has 0 aromatic heterocycles. The third-order valence-corrected chi connectivity index (χ3v) is 4.29. The maximum absolute atomic E-state index is 13.9. The normalized spacial score (nSPS) is 18.3. The van der Waals surface area contributed by atoms with E-state index in [1.54, 1.807) is 0 Å². The molecule has 20 heavy (non-hydrogen) atoms. The zero-order valence-electron chi connectivity index (χ0n) is 12.7. The second kappa shape index (κ2) is 6.21. The Morgan fingerprint density at radius 1 is 1.25 bits per heavy atom. The molecule has 1 N–H and O–H groups in total. The highest BCUT2D eigenvalue weighted by Crippen LogP contribution is 2.47. The summed E-state index contributed by atoms with van der Waals surface area (Å²) in [6, 6.07) is 4.14. The molecule has 1 aliphatic carbocycles. The minimum Gasteiger partial charge on any atom is -0.316 e. The summed E-state index contributed by atoms with van der Waals surface area (Å²) in [6.45, 7) is 8.26. The molecule has 0 spiro atoms. The number of benzene rings is 1. The Morgan fingerprint density at radius 2 is 1.85 bits per heavy atom. The van der Waals surface area contributed by atoms with Crippen LogP contribution in [0.1, 0.15) is 39.2 Å². The maximum Gasteiger partial charge on any atom is 0.129 e. The lowest BCUT2D eigenvalue weighted by Gasteiger charge is -2.31. The van der Waals surface area contributed by atoms with Crippen LogP contribution in [0.15, 0.2) is 18.2 Å². The van der Waals surface area contributed by atoms with Gasteiger partial charge in [-0.2, -0.15) is 0 Å². The number of hydrogen-bond acceptors (Lipinski definition) is 1. The highest BCUT2D eigenvalue weighted by molar-refractivity contribution is 5.22. The Balaban J connectivity index is 2.08. The molecular formula is C17H25F2N. The largest absolute Gasteiger partial charge is 0.316 e. The first kappa shape index (κ1) is 15.4. The van der Waals surface area contributed by atoms with E-state index in [2.05, 4.69) is 26.1 Å². The Hall–Kier alpha value is -0.960. The molecule has 1 aliphatic rings. The van der Waals surface area contributed by atoms with Gasteiger partial charge < -0.3 is 5.32 Å². The summed E-state index contributed by atoms with van der Waals surface area (Å²) in [5.74, 6) is 0.339. The minimum atomic E-state index is -0.416. The minimum absolute atomic E-state index is 0.0576. The molecular weight excluding hydrogens is 256 g/mol. The van der Waals surface area contributed by atoms with Crippen LogP contribution < -0.4 is 5.32 Å². The lowest BCUT2D eigenvalue weighted by Crippen LogP contribution is -2.37. The predicted octanol–water partition coefficient (Wildman–Crippen LogP) is 4.17. The topological polar surface area (TPSA) is 12.0 Å². The van der Waals surface area contributed by atoms with Gasteiger partial charge in [0.1, 0.15) is 11.6 Å². The molecule has 1 saturated carbocycles. The van der Waals surface area contributed by atoms with E-state index in [0.717, 1.165) is 13.1 Å². The van der Waals surface area contributed by atoms with Crippen molar-refractivity contribution in [3.05, 3.63) is 35.4 Å². The van der Waals surface area contributed by atoms with Crippen molar-refractivity contribution in [3.8, 4) is 0 Å². The SMILES string of the molecule is CC(C)CNCC(C)(Cc1c(F)cccc1F)C1CC1. The van der Waals surface area contributed by atoms with Crippen LogP contribution in [0.25, 0.3) is 0 Å². The van der Waals surface area contributed by atoms with Crippen LogP contribution >= 0.6 is 0 Å². The number of hydrogen-bond donors (Lipinski definition) is 1. The van der Waals surface area contributed by atoms with Gasteiger partial charge in [0.05, 0.1) is 0 Å². The molecule has 1 nitrogen and oxygen atoms in total. The molecule has 0 aliphatic heterocycles. The standard InChI is InChI=1S/C17H25F2N/c1-12(2)10-20-11-17(3,13-7-8-13)9-14-15(18)5-4-6-16(14)19/h4-6,12-13,20H,7-11H2,1-3H3. The molecule has 0 amide bonds. The predicted molar refractivity (Wildman–Crippen MR) is 78.6 cm³/mol. The van der Waals surface area contributed by atoms with E-state index in [4.69, 9.17) is 0 Å². The van der Waals surface area contributed by atoms with Crippen LogP contribution in [0, 0.1) is 28.9 Å². The van der Waals surface area contributed by atoms with Crippen LogP contribution in [-0.2, 0) is 6.42 Å². The Labute approximate surface area is 120 Å². The van der Waals surface area contributed by atoms with Gasteiger partial charge in [0.2, 0.25) is 0 Å². The summed E-state index contributed by atoms with van der Waals surface area (Å²) in [4.78, 5) is 0. The van der Waals surface area contributed by atoms with E-state index in [1.807, 2.05) is 0 Å². The molecule has 1 unspecified atom stereocenters. The highest BCUT2D eigenvalue weighted by atomic mass is 19.1. The van der Waals surface area contributed by atoms with Gasteiger partial charge in [0.25, 0.3) is 0 Å². The molecule has 0 radical (unpaired) electrons. The Kier molecular flexibility index (Phi) is 4.79. The second-order valence-electron chi connectivity index (χ2n) is 6.83. The van der Waals surface area contributed by atoms with Gasteiger partial charge in [0.15, 0.2) is 0 Å². The van der Waals surface area contributed by atoms with Crippen molar-refractivity contribution in [1.82, 2.24) is 5.32 Å². The Morgan fingerprint density at radius 3 is 2.35 bits per heavy atom. The summed E-state index contributed by atoms with van der Waals surface area (Å²) in [5, 5.41) is 3.46. The lowest BCUT2D eigenvalue weighted by atomic mass is 9.78.